The molecule has 1 aromatic carbocycles. The van der Waals surface area contributed by atoms with Crippen molar-refractivity contribution in [3.8, 4) is 0 Å². The smallest absolute Gasteiger partial charge is 0.243 e. The molecule has 1 aliphatic rings. The van der Waals surface area contributed by atoms with E-state index in [-0.39, 0.29) is 17.5 Å². The van der Waals surface area contributed by atoms with E-state index in [1.807, 2.05) is 0 Å². The molecule has 0 aromatic heterocycles. The Bertz CT molecular complexity index is 569. The van der Waals surface area contributed by atoms with E-state index in [1.54, 1.807) is 7.05 Å². The number of hydrogen-bond donors (Lipinski definition) is 1. The van der Waals surface area contributed by atoms with E-state index in [0.29, 0.717) is 5.56 Å². The van der Waals surface area contributed by atoms with Crippen LogP contribution in [0.25, 0.3) is 0 Å². The molecule has 0 saturated heterocycles. The van der Waals surface area contributed by atoms with Crippen molar-refractivity contribution < 1.29 is 12.8 Å². The molecule has 20 heavy (non-hydrogen) atoms. The molecule has 112 valence electrons. The van der Waals surface area contributed by atoms with Crippen LogP contribution in [-0.4, -0.2) is 25.8 Å². The molecule has 1 aromatic rings. The zero-order chi connectivity index (χ0) is 14.8. The van der Waals surface area contributed by atoms with E-state index in [1.165, 1.54) is 16.4 Å². The summed E-state index contributed by atoms with van der Waals surface area (Å²) < 4.78 is 40.1. The van der Waals surface area contributed by atoms with E-state index in [4.69, 9.17) is 5.73 Å². The molecular weight excluding hydrogens is 279 g/mol. The van der Waals surface area contributed by atoms with E-state index in [0.717, 1.165) is 38.2 Å². The Hall–Kier alpha value is -0.980. The van der Waals surface area contributed by atoms with Crippen LogP contribution in [0.2, 0.25) is 0 Å². The van der Waals surface area contributed by atoms with E-state index in [9.17, 15) is 12.8 Å². The maximum atomic E-state index is 13.4. The second kappa shape index (κ2) is 6.20. The minimum absolute atomic E-state index is 0.00245. The van der Waals surface area contributed by atoms with Gasteiger partial charge in [-0.25, -0.2) is 12.8 Å². The number of rotatable bonds is 4. The Labute approximate surface area is 119 Å². The predicted octanol–water partition coefficient (Wildman–Crippen LogP) is 2.24. The van der Waals surface area contributed by atoms with Gasteiger partial charge in [0.25, 0.3) is 0 Å². The Balaban J connectivity index is 2.36. The normalized spacial score (nSPS) is 17.6. The molecule has 0 radical (unpaired) electrons. The van der Waals surface area contributed by atoms with Crippen LogP contribution < -0.4 is 5.73 Å². The van der Waals surface area contributed by atoms with Crippen LogP contribution in [0.3, 0.4) is 0 Å². The lowest BCUT2D eigenvalue weighted by Crippen LogP contribution is -2.38. The van der Waals surface area contributed by atoms with Crippen LogP contribution in [0.1, 0.15) is 37.7 Å². The molecule has 0 spiro atoms. The summed E-state index contributed by atoms with van der Waals surface area (Å²) in [6.45, 7) is 0.0767. The van der Waals surface area contributed by atoms with Gasteiger partial charge in [-0.1, -0.05) is 25.3 Å². The van der Waals surface area contributed by atoms with Gasteiger partial charge in [-0.05, 0) is 30.5 Å². The highest BCUT2D eigenvalue weighted by Crippen LogP contribution is 2.28. The first-order valence-corrected chi connectivity index (χ1v) is 8.37. The predicted molar refractivity (Wildman–Crippen MR) is 76.1 cm³/mol. The van der Waals surface area contributed by atoms with Crippen LogP contribution in [0, 0.1) is 5.82 Å². The lowest BCUT2D eigenvalue weighted by molar-refractivity contribution is 0.285. The monoisotopic (exact) mass is 300 g/mol. The highest BCUT2D eigenvalue weighted by molar-refractivity contribution is 7.89. The van der Waals surface area contributed by atoms with Gasteiger partial charge in [0.1, 0.15) is 5.82 Å². The molecule has 2 rings (SSSR count). The van der Waals surface area contributed by atoms with Crippen LogP contribution in [0.5, 0.6) is 0 Å². The molecule has 1 fully saturated rings. The molecule has 0 atom stereocenters. The summed E-state index contributed by atoms with van der Waals surface area (Å²) in [4.78, 5) is -0.00641. The third-order valence-electron chi connectivity index (χ3n) is 4.00. The van der Waals surface area contributed by atoms with Crippen LogP contribution in [-0.2, 0) is 16.6 Å². The van der Waals surface area contributed by atoms with Crippen molar-refractivity contribution >= 4 is 10.0 Å². The third kappa shape index (κ3) is 3.02. The number of hydrogen-bond acceptors (Lipinski definition) is 3. The standard InChI is InChI=1S/C14H21FN2O2S/c1-17(13-5-3-2-4-6-13)20(18,19)14-9-12(15)8-7-11(14)10-16/h7-9,13H,2-6,10,16H2,1H3. The van der Waals surface area contributed by atoms with E-state index in [2.05, 4.69) is 0 Å². The van der Waals surface area contributed by atoms with Gasteiger partial charge in [0.05, 0.1) is 4.90 Å². The lowest BCUT2D eigenvalue weighted by Gasteiger charge is -2.30. The summed E-state index contributed by atoms with van der Waals surface area (Å²) in [5, 5.41) is 0. The quantitative estimate of drug-likeness (QED) is 0.927. The minimum Gasteiger partial charge on any atom is -0.326 e. The van der Waals surface area contributed by atoms with Gasteiger partial charge in [-0.2, -0.15) is 4.31 Å². The van der Waals surface area contributed by atoms with Crippen LogP contribution >= 0.6 is 0 Å². The summed E-state index contributed by atoms with van der Waals surface area (Å²) in [6, 6.07) is 3.75. The third-order valence-corrected chi connectivity index (χ3v) is 5.99. The molecule has 0 amide bonds. The molecule has 0 bridgehead atoms. The molecule has 1 aliphatic carbocycles. The van der Waals surface area contributed by atoms with Gasteiger partial charge in [-0.15, -0.1) is 0 Å². The summed E-state index contributed by atoms with van der Waals surface area (Å²) in [5.74, 6) is -0.558. The van der Waals surface area contributed by atoms with E-state index >= 15 is 0 Å². The number of nitrogens with zero attached hydrogens (tertiary/aromatic N) is 1. The Kier molecular flexibility index (Phi) is 4.78. The van der Waals surface area contributed by atoms with Crippen LogP contribution in [0.4, 0.5) is 4.39 Å². The summed E-state index contributed by atoms with van der Waals surface area (Å²) in [7, 11) is -2.11. The molecule has 0 aliphatic heterocycles. The Morgan fingerprint density at radius 1 is 1.30 bits per heavy atom. The van der Waals surface area contributed by atoms with Gasteiger partial charge in [0, 0.05) is 19.6 Å². The summed E-state index contributed by atoms with van der Waals surface area (Å²) >= 11 is 0. The number of sulfonamides is 1. The molecular formula is C14H21FN2O2S. The molecule has 0 heterocycles. The second-order valence-electron chi connectivity index (χ2n) is 5.27. The van der Waals surface area contributed by atoms with Gasteiger partial charge in [-0.3, -0.25) is 0 Å². The molecule has 4 nitrogen and oxygen atoms in total. The maximum Gasteiger partial charge on any atom is 0.243 e. The molecule has 0 unspecified atom stereocenters. The van der Waals surface area contributed by atoms with Crippen LogP contribution in [0.15, 0.2) is 23.1 Å². The van der Waals surface area contributed by atoms with Gasteiger partial charge >= 0.3 is 0 Å². The van der Waals surface area contributed by atoms with Crippen molar-refractivity contribution in [3.05, 3.63) is 29.6 Å². The fourth-order valence-electron chi connectivity index (χ4n) is 2.73. The lowest BCUT2D eigenvalue weighted by atomic mass is 9.96. The highest BCUT2D eigenvalue weighted by Gasteiger charge is 2.30. The Morgan fingerprint density at radius 3 is 2.55 bits per heavy atom. The largest absolute Gasteiger partial charge is 0.326 e. The SMILES string of the molecule is CN(C1CCCCC1)S(=O)(=O)c1cc(F)ccc1CN. The zero-order valence-corrected chi connectivity index (χ0v) is 12.5. The first-order valence-electron chi connectivity index (χ1n) is 6.93. The number of nitrogens with two attached hydrogens (primary N) is 1. The minimum atomic E-state index is -3.69. The summed E-state index contributed by atoms with van der Waals surface area (Å²) in [6.07, 6.45) is 4.96. The fourth-order valence-corrected chi connectivity index (χ4v) is 4.39. The van der Waals surface area contributed by atoms with Gasteiger partial charge < -0.3 is 5.73 Å². The highest BCUT2D eigenvalue weighted by atomic mass is 32.2. The van der Waals surface area contributed by atoms with Crippen molar-refractivity contribution in [2.24, 2.45) is 5.73 Å². The first-order chi connectivity index (χ1) is 9.46. The zero-order valence-electron chi connectivity index (χ0n) is 11.7. The van der Waals surface area contributed by atoms with Crippen molar-refractivity contribution in [1.82, 2.24) is 4.31 Å². The molecule has 2 N–H and O–H groups in total. The van der Waals surface area contributed by atoms with Crippen molar-refractivity contribution in [1.29, 1.82) is 0 Å². The summed E-state index contributed by atoms with van der Waals surface area (Å²) in [5.41, 5.74) is 6.02. The Morgan fingerprint density at radius 2 is 1.95 bits per heavy atom. The van der Waals surface area contributed by atoms with Crippen molar-refractivity contribution in [2.45, 2.75) is 49.6 Å². The topological polar surface area (TPSA) is 63.4 Å². The van der Waals surface area contributed by atoms with Gasteiger partial charge in [0.2, 0.25) is 10.0 Å². The van der Waals surface area contributed by atoms with Crippen molar-refractivity contribution in [2.75, 3.05) is 7.05 Å². The molecule has 6 heteroatoms. The van der Waals surface area contributed by atoms with Gasteiger partial charge in [0.15, 0.2) is 0 Å². The second-order valence-corrected chi connectivity index (χ2v) is 7.24. The first kappa shape index (κ1) is 15.4. The van der Waals surface area contributed by atoms with E-state index < -0.39 is 15.8 Å². The maximum absolute atomic E-state index is 13.4. The fraction of sp³-hybridized carbons (Fsp3) is 0.571. The van der Waals surface area contributed by atoms with Crippen molar-refractivity contribution in [3.63, 3.8) is 0 Å². The average Bonchev–Trinajstić information content (AvgIpc) is 2.47. The number of halogens is 1. The molecule has 1 saturated carbocycles. The number of benzene rings is 1. The average molecular weight is 300 g/mol.